The van der Waals surface area contributed by atoms with Crippen LogP contribution < -0.4 is 5.32 Å². The highest BCUT2D eigenvalue weighted by Crippen LogP contribution is 2.20. The van der Waals surface area contributed by atoms with Gasteiger partial charge in [-0.3, -0.25) is 14.7 Å². The van der Waals surface area contributed by atoms with Gasteiger partial charge in [0.05, 0.1) is 0 Å². The predicted molar refractivity (Wildman–Crippen MR) is 60.2 cm³/mol. The van der Waals surface area contributed by atoms with Gasteiger partial charge >= 0.3 is 0 Å². The van der Waals surface area contributed by atoms with Gasteiger partial charge in [-0.2, -0.15) is 0 Å². The molecule has 1 rings (SSSR count). The van der Waals surface area contributed by atoms with Crippen molar-refractivity contribution in [1.82, 2.24) is 20.0 Å². The quantitative estimate of drug-likeness (QED) is 0.631. The highest BCUT2D eigenvalue weighted by molar-refractivity contribution is 4.84. The van der Waals surface area contributed by atoms with E-state index in [-0.39, 0.29) is 5.79 Å². The molecular weight excluding hydrogens is 176 g/mol. The fourth-order valence-electron chi connectivity index (χ4n) is 2.05. The molecule has 1 heterocycles. The average Bonchev–Trinajstić information content (AvgIpc) is 2.17. The van der Waals surface area contributed by atoms with Crippen molar-refractivity contribution in [2.75, 3.05) is 54.4 Å². The summed E-state index contributed by atoms with van der Waals surface area (Å²) >= 11 is 0. The second kappa shape index (κ2) is 4.57. The lowest BCUT2D eigenvalue weighted by molar-refractivity contribution is -0.121. The van der Waals surface area contributed by atoms with Crippen LogP contribution in [0.5, 0.6) is 0 Å². The molecule has 0 aliphatic carbocycles. The molecule has 0 radical (unpaired) electrons. The molecule has 0 spiro atoms. The van der Waals surface area contributed by atoms with Crippen molar-refractivity contribution in [2.45, 2.75) is 12.7 Å². The second-order valence-corrected chi connectivity index (χ2v) is 4.50. The van der Waals surface area contributed by atoms with Gasteiger partial charge in [0.2, 0.25) is 0 Å². The minimum atomic E-state index is 0.0299. The highest BCUT2D eigenvalue weighted by Gasteiger charge is 2.36. The maximum atomic E-state index is 3.39. The van der Waals surface area contributed by atoms with Crippen LogP contribution in [-0.2, 0) is 0 Å². The van der Waals surface area contributed by atoms with Crippen molar-refractivity contribution >= 4 is 0 Å². The Morgan fingerprint density at radius 1 is 1.00 bits per heavy atom. The first-order chi connectivity index (χ1) is 6.49. The summed E-state index contributed by atoms with van der Waals surface area (Å²) in [5, 5.41) is 3.39. The fourth-order valence-corrected chi connectivity index (χ4v) is 2.05. The third-order valence-electron chi connectivity index (χ3n) is 3.41. The molecule has 1 N–H and O–H groups in total. The van der Waals surface area contributed by atoms with Crippen LogP contribution in [0.4, 0.5) is 0 Å². The van der Waals surface area contributed by atoms with Crippen LogP contribution in [0.25, 0.3) is 0 Å². The lowest BCUT2D eigenvalue weighted by Crippen LogP contribution is -2.67. The Morgan fingerprint density at radius 3 is 1.79 bits per heavy atom. The first kappa shape index (κ1) is 11.9. The van der Waals surface area contributed by atoms with Crippen LogP contribution in [-0.4, -0.2) is 74.9 Å². The third-order valence-corrected chi connectivity index (χ3v) is 3.41. The molecule has 1 aliphatic heterocycles. The summed E-state index contributed by atoms with van der Waals surface area (Å²) in [4.78, 5) is 7.07. The van der Waals surface area contributed by atoms with Gasteiger partial charge in [-0.25, -0.2) is 0 Å². The Kier molecular flexibility index (Phi) is 3.89. The average molecular weight is 200 g/mol. The summed E-state index contributed by atoms with van der Waals surface area (Å²) in [6.07, 6.45) is 0. The first-order valence-corrected chi connectivity index (χ1v) is 5.30. The van der Waals surface area contributed by atoms with E-state index in [4.69, 9.17) is 0 Å². The van der Waals surface area contributed by atoms with Crippen LogP contribution in [0.2, 0.25) is 0 Å². The van der Waals surface area contributed by atoms with E-state index in [0.29, 0.717) is 0 Å². The molecule has 14 heavy (non-hydrogen) atoms. The van der Waals surface area contributed by atoms with Crippen molar-refractivity contribution < 1.29 is 0 Å². The molecule has 4 heteroatoms. The Hall–Kier alpha value is -0.160. The molecule has 1 fully saturated rings. The van der Waals surface area contributed by atoms with E-state index in [9.17, 15) is 0 Å². The van der Waals surface area contributed by atoms with E-state index in [1.165, 1.54) is 0 Å². The van der Waals surface area contributed by atoms with Crippen LogP contribution in [0.15, 0.2) is 0 Å². The number of hydrogen-bond donors (Lipinski definition) is 1. The second-order valence-electron chi connectivity index (χ2n) is 4.50. The van der Waals surface area contributed by atoms with Gasteiger partial charge in [-0.15, -0.1) is 0 Å². The zero-order valence-corrected chi connectivity index (χ0v) is 10.2. The SMILES string of the molecule is CN(C)C(C)(N(C)C)N1CCNCC1. The Balaban J connectivity index is 2.75. The zero-order valence-electron chi connectivity index (χ0n) is 10.2. The van der Waals surface area contributed by atoms with Crippen molar-refractivity contribution in [3.05, 3.63) is 0 Å². The summed E-state index contributed by atoms with van der Waals surface area (Å²) in [6, 6.07) is 0. The minimum absolute atomic E-state index is 0.0299. The van der Waals surface area contributed by atoms with Crippen LogP contribution in [0.3, 0.4) is 0 Å². The van der Waals surface area contributed by atoms with Gasteiger partial charge in [0, 0.05) is 26.2 Å². The Labute approximate surface area is 87.8 Å². The molecule has 1 aliphatic rings. The number of nitrogens with zero attached hydrogens (tertiary/aromatic N) is 3. The summed E-state index contributed by atoms with van der Waals surface area (Å²) in [5.41, 5.74) is 0. The lowest BCUT2D eigenvalue weighted by Gasteiger charge is -2.51. The molecular formula is C10H24N4. The van der Waals surface area contributed by atoms with Gasteiger partial charge < -0.3 is 5.32 Å². The van der Waals surface area contributed by atoms with Gasteiger partial charge in [0.15, 0.2) is 0 Å². The van der Waals surface area contributed by atoms with Crippen molar-refractivity contribution in [3.63, 3.8) is 0 Å². The summed E-state index contributed by atoms with van der Waals surface area (Å²) in [7, 11) is 8.56. The number of nitrogens with one attached hydrogen (secondary N) is 1. The standard InChI is InChI=1S/C10H24N4/c1-10(12(2)3,13(4)5)14-8-6-11-7-9-14/h11H,6-9H2,1-5H3. The number of piperazine rings is 1. The van der Waals surface area contributed by atoms with Crippen LogP contribution in [0, 0.1) is 0 Å². The molecule has 0 saturated carbocycles. The maximum absolute atomic E-state index is 3.39. The van der Waals surface area contributed by atoms with E-state index in [2.05, 4.69) is 55.1 Å². The van der Waals surface area contributed by atoms with Crippen molar-refractivity contribution in [3.8, 4) is 0 Å². The van der Waals surface area contributed by atoms with Gasteiger partial charge in [0.1, 0.15) is 5.79 Å². The maximum Gasteiger partial charge on any atom is 0.127 e. The monoisotopic (exact) mass is 200 g/mol. The smallest absolute Gasteiger partial charge is 0.127 e. The largest absolute Gasteiger partial charge is 0.314 e. The van der Waals surface area contributed by atoms with E-state index >= 15 is 0 Å². The molecule has 0 aromatic heterocycles. The first-order valence-electron chi connectivity index (χ1n) is 5.30. The van der Waals surface area contributed by atoms with Crippen LogP contribution >= 0.6 is 0 Å². The molecule has 84 valence electrons. The van der Waals surface area contributed by atoms with E-state index in [1.54, 1.807) is 0 Å². The third kappa shape index (κ3) is 2.08. The molecule has 0 aromatic rings. The zero-order chi connectivity index (χ0) is 10.8. The molecule has 0 aromatic carbocycles. The summed E-state index contributed by atoms with van der Waals surface area (Å²) < 4.78 is 0. The van der Waals surface area contributed by atoms with E-state index in [1.807, 2.05) is 0 Å². The normalized spacial score (nSPS) is 20.8. The molecule has 0 amide bonds. The van der Waals surface area contributed by atoms with Crippen molar-refractivity contribution in [1.29, 1.82) is 0 Å². The molecule has 1 saturated heterocycles. The summed E-state index contributed by atoms with van der Waals surface area (Å²) in [5.74, 6) is 0.0299. The van der Waals surface area contributed by atoms with Crippen LogP contribution in [0.1, 0.15) is 6.92 Å². The topological polar surface area (TPSA) is 21.8 Å². The number of hydrogen-bond acceptors (Lipinski definition) is 4. The van der Waals surface area contributed by atoms with Gasteiger partial charge in [-0.05, 0) is 35.1 Å². The molecule has 0 bridgehead atoms. The van der Waals surface area contributed by atoms with Gasteiger partial charge in [-0.1, -0.05) is 0 Å². The summed E-state index contributed by atoms with van der Waals surface area (Å²) in [6.45, 7) is 6.70. The molecule has 4 nitrogen and oxygen atoms in total. The molecule has 0 unspecified atom stereocenters. The molecule has 0 atom stereocenters. The van der Waals surface area contributed by atoms with Crippen molar-refractivity contribution in [2.24, 2.45) is 0 Å². The van der Waals surface area contributed by atoms with E-state index < -0.39 is 0 Å². The highest BCUT2D eigenvalue weighted by atomic mass is 15.5. The Bertz CT molecular complexity index is 165. The van der Waals surface area contributed by atoms with Gasteiger partial charge in [0.25, 0.3) is 0 Å². The van der Waals surface area contributed by atoms with E-state index in [0.717, 1.165) is 26.2 Å². The number of rotatable bonds is 3. The minimum Gasteiger partial charge on any atom is -0.314 e. The predicted octanol–water partition coefficient (Wildman–Crippen LogP) is -0.311. The fraction of sp³-hybridized carbons (Fsp3) is 1.00. The lowest BCUT2D eigenvalue weighted by atomic mass is 10.2. The Morgan fingerprint density at radius 2 is 1.43 bits per heavy atom.